The lowest BCUT2D eigenvalue weighted by molar-refractivity contribution is -0.138. The monoisotopic (exact) mass is 475 g/mol. The van der Waals surface area contributed by atoms with Crippen molar-refractivity contribution in [2.45, 2.75) is 42.1 Å². The van der Waals surface area contributed by atoms with E-state index in [1.54, 1.807) is 12.1 Å². The maximum atomic E-state index is 13.5. The molecule has 1 N–H and O–H groups in total. The molecule has 1 aliphatic rings. The predicted molar refractivity (Wildman–Crippen MR) is 102 cm³/mol. The summed E-state index contributed by atoms with van der Waals surface area (Å²) in [6.45, 7) is 0. The third-order valence-electron chi connectivity index (χ3n) is 4.60. The van der Waals surface area contributed by atoms with E-state index < -0.39 is 38.8 Å². The summed E-state index contributed by atoms with van der Waals surface area (Å²) in [5.41, 5.74) is -1.66. The number of nitrogens with one attached hydrogen (secondary N) is 1. The molecule has 0 saturated heterocycles. The molecule has 0 radical (unpaired) electrons. The number of halogens is 4. The van der Waals surface area contributed by atoms with E-state index in [0.29, 0.717) is 4.47 Å². The quantitative estimate of drug-likeness (QED) is 0.679. The summed E-state index contributed by atoms with van der Waals surface area (Å²) >= 11 is 3.20. The minimum atomic E-state index is -4.77. The summed E-state index contributed by atoms with van der Waals surface area (Å²) in [5, 5.41) is 2.58. The molecule has 0 spiro atoms. The minimum absolute atomic E-state index is 0.0102. The van der Waals surface area contributed by atoms with Crippen LogP contribution in [0.25, 0.3) is 0 Å². The van der Waals surface area contributed by atoms with Gasteiger partial charge in [-0.15, -0.1) is 0 Å². The molecule has 150 valence electrons. The van der Waals surface area contributed by atoms with Gasteiger partial charge in [-0.25, -0.2) is 8.42 Å². The molecular formula is C19H17BrF3NO3S. The van der Waals surface area contributed by atoms with Crippen molar-refractivity contribution >= 4 is 31.7 Å². The third-order valence-corrected chi connectivity index (χ3v) is 6.84. The number of hydrogen-bond acceptors (Lipinski definition) is 3. The van der Waals surface area contributed by atoms with Gasteiger partial charge in [-0.1, -0.05) is 22.0 Å². The molecule has 3 rings (SSSR count). The van der Waals surface area contributed by atoms with Gasteiger partial charge in [0.2, 0.25) is 0 Å². The van der Waals surface area contributed by atoms with Gasteiger partial charge in [0.1, 0.15) is 0 Å². The first-order valence-electron chi connectivity index (χ1n) is 8.55. The van der Waals surface area contributed by atoms with Gasteiger partial charge in [-0.05, 0) is 61.2 Å². The zero-order valence-electron chi connectivity index (χ0n) is 14.6. The van der Waals surface area contributed by atoms with Crippen LogP contribution in [0, 0.1) is 0 Å². The van der Waals surface area contributed by atoms with Crippen LogP contribution in [0.4, 0.5) is 13.2 Å². The Bertz CT molecular complexity index is 984. The van der Waals surface area contributed by atoms with E-state index in [1.807, 2.05) is 0 Å². The van der Waals surface area contributed by atoms with Crippen LogP contribution in [-0.4, -0.2) is 20.4 Å². The van der Waals surface area contributed by atoms with Crippen molar-refractivity contribution in [3.05, 3.63) is 63.6 Å². The van der Waals surface area contributed by atoms with Gasteiger partial charge in [-0.3, -0.25) is 4.79 Å². The van der Waals surface area contributed by atoms with Gasteiger partial charge < -0.3 is 5.32 Å². The SMILES string of the molecule is O=C(NC1CCC1)c1ccc(CS(=O)(=O)c2ccc(Br)cc2)cc1C(F)(F)F. The van der Waals surface area contributed by atoms with Gasteiger partial charge in [0.25, 0.3) is 5.91 Å². The Morgan fingerprint density at radius 3 is 2.29 bits per heavy atom. The zero-order chi connectivity index (χ0) is 20.5. The molecule has 1 fully saturated rings. The van der Waals surface area contributed by atoms with Gasteiger partial charge in [0, 0.05) is 10.5 Å². The van der Waals surface area contributed by atoms with Crippen molar-refractivity contribution in [1.29, 1.82) is 0 Å². The first-order valence-corrected chi connectivity index (χ1v) is 11.0. The highest BCUT2D eigenvalue weighted by Gasteiger charge is 2.36. The largest absolute Gasteiger partial charge is 0.417 e. The van der Waals surface area contributed by atoms with Crippen LogP contribution in [0.5, 0.6) is 0 Å². The number of sulfone groups is 1. The summed E-state index contributed by atoms with van der Waals surface area (Å²) in [6.07, 6.45) is -2.35. The average Bonchev–Trinajstić information content (AvgIpc) is 2.57. The van der Waals surface area contributed by atoms with E-state index in [1.165, 1.54) is 18.2 Å². The fourth-order valence-corrected chi connectivity index (χ4v) is 4.47. The summed E-state index contributed by atoms with van der Waals surface area (Å²) < 4.78 is 66.2. The van der Waals surface area contributed by atoms with Crippen LogP contribution >= 0.6 is 15.9 Å². The molecule has 2 aromatic carbocycles. The van der Waals surface area contributed by atoms with Gasteiger partial charge in [0.05, 0.1) is 21.8 Å². The molecule has 0 atom stereocenters. The molecular weight excluding hydrogens is 459 g/mol. The standard InChI is InChI=1S/C19H17BrF3NO3S/c20-13-5-7-15(8-6-13)28(26,27)11-12-4-9-16(17(10-12)19(21,22)23)18(25)24-14-2-1-3-14/h4-10,14H,1-3,11H2,(H,24,25). The predicted octanol–water partition coefficient (Wildman–Crippen LogP) is 4.72. The van der Waals surface area contributed by atoms with Crippen LogP contribution in [0.2, 0.25) is 0 Å². The molecule has 4 nitrogen and oxygen atoms in total. The molecule has 1 saturated carbocycles. The number of carbonyl (C=O) groups excluding carboxylic acids is 1. The second-order valence-corrected chi connectivity index (χ2v) is 9.60. The second kappa shape index (κ2) is 7.87. The van der Waals surface area contributed by atoms with Crippen LogP contribution in [-0.2, 0) is 21.8 Å². The first-order chi connectivity index (χ1) is 13.1. The highest BCUT2D eigenvalue weighted by atomic mass is 79.9. The Morgan fingerprint density at radius 1 is 1.11 bits per heavy atom. The maximum absolute atomic E-state index is 13.5. The van der Waals surface area contributed by atoms with E-state index in [4.69, 9.17) is 0 Å². The summed E-state index contributed by atoms with van der Waals surface area (Å²) in [7, 11) is -3.83. The van der Waals surface area contributed by atoms with Gasteiger partial charge in [-0.2, -0.15) is 13.2 Å². The zero-order valence-corrected chi connectivity index (χ0v) is 17.0. The Balaban J connectivity index is 1.90. The van der Waals surface area contributed by atoms with E-state index >= 15 is 0 Å². The molecule has 0 heterocycles. The van der Waals surface area contributed by atoms with Crippen LogP contribution in [0.1, 0.15) is 40.7 Å². The lowest BCUT2D eigenvalue weighted by Crippen LogP contribution is -2.40. The lowest BCUT2D eigenvalue weighted by Gasteiger charge is -2.27. The highest BCUT2D eigenvalue weighted by Crippen LogP contribution is 2.34. The lowest BCUT2D eigenvalue weighted by atomic mass is 9.92. The number of rotatable bonds is 5. The first kappa shape index (κ1) is 20.9. The average molecular weight is 476 g/mol. The number of amides is 1. The second-order valence-electron chi connectivity index (χ2n) is 6.69. The van der Waals surface area contributed by atoms with Crippen LogP contribution in [0.15, 0.2) is 51.8 Å². The van der Waals surface area contributed by atoms with Crippen molar-refractivity contribution < 1.29 is 26.4 Å². The molecule has 28 heavy (non-hydrogen) atoms. The van der Waals surface area contributed by atoms with E-state index in [-0.39, 0.29) is 16.5 Å². The number of benzene rings is 2. The smallest absolute Gasteiger partial charge is 0.349 e. The Hall–Kier alpha value is -1.87. The summed E-state index contributed by atoms with van der Waals surface area (Å²) in [4.78, 5) is 12.2. The molecule has 0 aromatic heterocycles. The van der Waals surface area contributed by atoms with Crippen molar-refractivity contribution in [2.24, 2.45) is 0 Å². The summed E-state index contributed by atoms with van der Waals surface area (Å²) in [5.74, 6) is -1.39. The Kier molecular flexibility index (Phi) is 5.86. The Morgan fingerprint density at radius 2 is 1.75 bits per heavy atom. The van der Waals surface area contributed by atoms with E-state index in [9.17, 15) is 26.4 Å². The van der Waals surface area contributed by atoms with Crippen LogP contribution < -0.4 is 5.32 Å². The minimum Gasteiger partial charge on any atom is -0.349 e. The van der Waals surface area contributed by atoms with Crippen LogP contribution in [0.3, 0.4) is 0 Å². The Labute approximate surface area is 169 Å². The third kappa shape index (κ3) is 4.75. The number of alkyl halides is 3. The van der Waals surface area contributed by atoms with E-state index in [2.05, 4.69) is 21.2 Å². The number of carbonyl (C=O) groups is 1. The molecule has 9 heteroatoms. The van der Waals surface area contributed by atoms with Crippen molar-refractivity contribution in [1.82, 2.24) is 5.32 Å². The van der Waals surface area contributed by atoms with Gasteiger partial charge in [0.15, 0.2) is 9.84 Å². The fraction of sp³-hybridized carbons (Fsp3) is 0.316. The fourth-order valence-electron chi connectivity index (χ4n) is 2.87. The molecule has 0 unspecified atom stereocenters. The summed E-state index contributed by atoms with van der Waals surface area (Å²) in [6, 6.07) is 8.78. The van der Waals surface area contributed by atoms with Crippen molar-refractivity contribution in [3.8, 4) is 0 Å². The normalized spacial score (nSPS) is 15.1. The maximum Gasteiger partial charge on any atom is 0.417 e. The molecule has 0 bridgehead atoms. The topological polar surface area (TPSA) is 63.2 Å². The van der Waals surface area contributed by atoms with Gasteiger partial charge >= 0.3 is 6.18 Å². The van der Waals surface area contributed by atoms with Crippen molar-refractivity contribution in [2.75, 3.05) is 0 Å². The molecule has 1 amide bonds. The van der Waals surface area contributed by atoms with Crippen molar-refractivity contribution in [3.63, 3.8) is 0 Å². The molecule has 0 aliphatic heterocycles. The van der Waals surface area contributed by atoms with E-state index in [0.717, 1.165) is 31.4 Å². The molecule has 2 aromatic rings. The number of hydrogen-bond donors (Lipinski definition) is 1. The highest BCUT2D eigenvalue weighted by molar-refractivity contribution is 9.10. The molecule has 1 aliphatic carbocycles.